The van der Waals surface area contributed by atoms with E-state index in [0.717, 1.165) is 12.8 Å². The predicted octanol–water partition coefficient (Wildman–Crippen LogP) is 3.72. The van der Waals surface area contributed by atoms with Gasteiger partial charge in [-0.2, -0.15) is 0 Å². The summed E-state index contributed by atoms with van der Waals surface area (Å²) in [5.41, 5.74) is 0. The van der Waals surface area contributed by atoms with Gasteiger partial charge in [-0.25, -0.2) is 0 Å². The Kier molecular flexibility index (Phi) is 9.40. The van der Waals surface area contributed by atoms with Gasteiger partial charge >= 0.3 is 0 Å². The van der Waals surface area contributed by atoms with Crippen LogP contribution in [0.5, 0.6) is 0 Å². The topological polar surface area (TPSA) is 0 Å². The molecule has 0 aliphatic heterocycles. The zero-order valence-corrected chi connectivity index (χ0v) is 8.67. The van der Waals surface area contributed by atoms with Gasteiger partial charge in [0.1, 0.15) is 0 Å². The van der Waals surface area contributed by atoms with Gasteiger partial charge in [0.15, 0.2) is 0 Å². The van der Waals surface area contributed by atoms with Crippen molar-refractivity contribution < 1.29 is 0 Å². The van der Waals surface area contributed by atoms with Crippen molar-refractivity contribution in [2.75, 3.05) is 4.43 Å². The Bertz CT molecular complexity index is 103. The van der Waals surface area contributed by atoms with E-state index in [1.54, 1.807) is 0 Å². The molecular formula is C9H15I. The molecule has 0 aromatic rings. The fourth-order valence-electron chi connectivity index (χ4n) is 0.619. The Morgan fingerprint density at radius 1 is 1.10 bits per heavy atom. The molecule has 0 saturated carbocycles. The molecule has 0 saturated heterocycles. The molecule has 0 aliphatic carbocycles. The van der Waals surface area contributed by atoms with Crippen LogP contribution in [0.25, 0.3) is 0 Å². The van der Waals surface area contributed by atoms with Crippen molar-refractivity contribution in [3.05, 3.63) is 24.3 Å². The van der Waals surface area contributed by atoms with E-state index < -0.39 is 0 Å². The van der Waals surface area contributed by atoms with Crippen molar-refractivity contribution in [2.24, 2.45) is 0 Å². The maximum Gasteiger partial charge on any atom is 0.00299 e. The first kappa shape index (κ1) is 10.2. The van der Waals surface area contributed by atoms with Crippen molar-refractivity contribution in [3.8, 4) is 0 Å². The molecule has 0 aromatic heterocycles. The number of rotatable bonds is 5. The van der Waals surface area contributed by atoms with Crippen LogP contribution in [-0.4, -0.2) is 4.43 Å². The summed E-state index contributed by atoms with van der Waals surface area (Å²) in [5, 5.41) is 0. The first-order chi connectivity index (χ1) is 4.91. The van der Waals surface area contributed by atoms with Crippen molar-refractivity contribution in [3.63, 3.8) is 0 Å². The molecule has 0 spiro atoms. The highest BCUT2D eigenvalue weighted by Crippen LogP contribution is 1.93. The van der Waals surface area contributed by atoms with Crippen LogP contribution in [0, 0.1) is 0 Å². The molecule has 0 aromatic carbocycles. The van der Waals surface area contributed by atoms with Gasteiger partial charge < -0.3 is 0 Å². The number of hydrogen-bond donors (Lipinski definition) is 0. The van der Waals surface area contributed by atoms with E-state index in [9.17, 15) is 0 Å². The first-order valence-electron chi connectivity index (χ1n) is 3.77. The molecule has 1 heteroatoms. The molecule has 58 valence electrons. The maximum atomic E-state index is 2.39. The van der Waals surface area contributed by atoms with Gasteiger partial charge in [0.2, 0.25) is 0 Å². The van der Waals surface area contributed by atoms with Gasteiger partial charge in [-0.05, 0) is 19.3 Å². The minimum absolute atomic E-state index is 1.10. The van der Waals surface area contributed by atoms with E-state index in [2.05, 4.69) is 53.8 Å². The van der Waals surface area contributed by atoms with Gasteiger partial charge in [0, 0.05) is 4.43 Å². The summed E-state index contributed by atoms with van der Waals surface area (Å²) in [5.74, 6) is 0. The molecule has 0 heterocycles. The molecule has 0 nitrogen and oxygen atoms in total. The molecule has 10 heavy (non-hydrogen) atoms. The smallest absolute Gasteiger partial charge is 0.00299 e. The zero-order chi connectivity index (χ0) is 7.66. The number of alkyl halides is 1. The molecule has 0 radical (unpaired) electrons. The normalized spacial score (nSPS) is 11.8. The van der Waals surface area contributed by atoms with Crippen molar-refractivity contribution in [2.45, 2.75) is 26.2 Å². The second-order valence-electron chi connectivity index (χ2n) is 2.06. The molecule has 0 amide bonds. The van der Waals surface area contributed by atoms with Crippen LogP contribution in [-0.2, 0) is 0 Å². The lowest BCUT2D eigenvalue weighted by atomic mass is 10.3. The van der Waals surface area contributed by atoms with Crippen LogP contribution >= 0.6 is 22.6 Å². The third-order valence-corrected chi connectivity index (χ3v) is 1.74. The largest absolute Gasteiger partial charge is 0.0885 e. The second kappa shape index (κ2) is 9.21. The van der Waals surface area contributed by atoms with Gasteiger partial charge in [0.05, 0.1) is 0 Å². The minimum Gasteiger partial charge on any atom is -0.0885 e. The summed E-state index contributed by atoms with van der Waals surface area (Å²) in [4.78, 5) is 0. The molecule has 0 fully saturated rings. The Labute approximate surface area is 77.5 Å². The Balaban J connectivity index is 3.09. The standard InChI is InChI=1S/C9H15I/c1-2-3-4-5-6-7-8-9-10/h3-4,6-7H,2,5,8-9H2,1H3/b4-3+,7-6+. The van der Waals surface area contributed by atoms with E-state index in [1.807, 2.05) is 0 Å². The van der Waals surface area contributed by atoms with Crippen molar-refractivity contribution in [1.29, 1.82) is 0 Å². The van der Waals surface area contributed by atoms with Crippen molar-refractivity contribution in [1.82, 2.24) is 0 Å². The van der Waals surface area contributed by atoms with E-state index in [4.69, 9.17) is 0 Å². The van der Waals surface area contributed by atoms with Crippen LogP contribution < -0.4 is 0 Å². The summed E-state index contributed by atoms with van der Waals surface area (Å²) in [6.45, 7) is 2.16. The fraction of sp³-hybridized carbons (Fsp3) is 0.556. The van der Waals surface area contributed by atoms with Gasteiger partial charge in [-0.1, -0.05) is 53.8 Å². The van der Waals surface area contributed by atoms with Crippen LogP contribution in [0.1, 0.15) is 26.2 Å². The average molecular weight is 250 g/mol. The minimum atomic E-state index is 1.10. The van der Waals surface area contributed by atoms with Crippen LogP contribution in [0.2, 0.25) is 0 Å². The summed E-state index contributed by atoms with van der Waals surface area (Å²) >= 11 is 2.39. The highest BCUT2D eigenvalue weighted by molar-refractivity contribution is 14.1. The first-order valence-corrected chi connectivity index (χ1v) is 5.30. The second-order valence-corrected chi connectivity index (χ2v) is 3.14. The summed E-state index contributed by atoms with van der Waals surface area (Å²) in [6, 6.07) is 0. The monoisotopic (exact) mass is 250 g/mol. The van der Waals surface area contributed by atoms with Crippen LogP contribution in [0.3, 0.4) is 0 Å². The van der Waals surface area contributed by atoms with Gasteiger partial charge in [0.25, 0.3) is 0 Å². The Morgan fingerprint density at radius 2 is 1.80 bits per heavy atom. The lowest BCUT2D eigenvalue weighted by molar-refractivity contribution is 1.19. The Hall–Kier alpha value is 0.210. The molecule has 0 unspecified atom stereocenters. The van der Waals surface area contributed by atoms with E-state index in [0.29, 0.717) is 0 Å². The zero-order valence-electron chi connectivity index (χ0n) is 6.52. The quantitative estimate of drug-likeness (QED) is 0.396. The average Bonchev–Trinajstić information content (AvgIpc) is 1.97. The number of halogens is 1. The number of hydrogen-bond acceptors (Lipinski definition) is 0. The molecule has 0 N–H and O–H groups in total. The fourth-order valence-corrected chi connectivity index (χ4v) is 0.978. The van der Waals surface area contributed by atoms with E-state index in [1.165, 1.54) is 10.8 Å². The number of allylic oxidation sites excluding steroid dienone is 4. The SMILES string of the molecule is CC/C=C/C/C=C/CCI. The Morgan fingerprint density at radius 3 is 2.40 bits per heavy atom. The predicted molar refractivity (Wildman–Crippen MR) is 56.7 cm³/mol. The highest BCUT2D eigenvalue weighted by Gasteiger charge is 1.72. The molecular weight excluding hydrogens is 235 g/mol. The molecule has 0 bridgehead atoms. The lowest BCUT2D eigenvalue weighted by Gasteiger charge is -1.82. The van der Waals surface area contributed by atoms with Gasteiger partial charge in [-0.15, -0.1) is 0 Å². The van der Waals surface area contributed by atoms with Crippen LogP contribution in [0.4, 0.5) is 0 Å². The van der Waals surface area contributed by atoms with Gasteiger partial charge in [-0.3, -0.25) is 0 Å². The summed E-state index contributed by atoms with van der Waals surface area (Å²) in [6.07, 6.45) is 12.3. The van der Waals surface area contributed by atoms with E-state index >= 15 is 0 Å². The molecule has 0 rings (SSSR count). The molecule has 0 atom stereocenters. The molecule has 0 aliphatic rings. The maximum absolute atomic E-state index is 2.39. The third kappa shape index (κ3) is 8.21. The van der Waals surface area contributed by atoms with Crippen LogP contribution in [0.15, 0.2) is 24.3 Å². The summed E-state index contributed by atoms with van der Waals surface area (Å²) < 4.78 is 1.23. The van der Waals surface area contributed by atoms with Crippen molar-refractivity contribution >= 4 is 22.6 Å². The van der Waals surface area contributed by atoms with E-state index in [-0.39, 0.29) is 0 Å². The third-order valence-electron chi connectivity index (χ3n) is 1.12. The highest BCUT2D eigenvalue weighted by atomic mass is 127. The lowest BCUT2D eigenvalue weighted by Crippen LogP contribution is -1.65. The summed E-state index contributed by atoms with van der Waals surface area (Å²) in [7, 11) is 0.